The predicted octanol–water partition coefficient (Wildman–Crippen LogP) is 4.12. The lowest BCUT2D eigenvalue weighted by atomic mass is 9.70. The smallest absolute Gasteiger partial charge is 0.248 e. The zero-order chi connectivity index (χ0) is 33.3. The lowest BCUT2D eigenvalue weighted by Gasteiger charge is -2.40. The molecule has 10 nitrogen and oxygen atoms in total. The number of hydrogen-bond acceptors (Lipinski definition) is 7. The molecular formula is C36H44N6O4S. The van der Waals surface area contributed by atoms with Gasteiger partial charge in [0.1, 0.15) is 18.2 Å². The minimum absolute atomic E-state index is 0.0817. The SMILES string of the molecule is C=CCN(Cn1nnc2ccccc21)C(=O)C1N([C@@H](CO)CC(C)C)C(=O)[C@@H]2[C@@H](C(=O)N(CC=C)Cc3ccccc3)[C@H]3CCC12S3. The molecule has 3 amide bonds. The second kappa shape index (κ2) is 13.6. The van der Waals surface area contributed by atoms with Gasteiger partial charge in [0, 0.05) is 24.9 Å². The first-order valence-electron chi connectivity index (χ1n) is 16.5. The Kier molecular flexibility index (Phi) is 9.57. The fraction of sp³-hybridized carbons (Fsp3) is 0.472. The number of likely N-dealkylation sites (tertiary alicyclic amines) is 1. The molecular weight excluding hydrogens is 613 g/mol. The number of para-hydroxylation sites is 1. The minimum atomic E-state index is -0.847. The van der Waals surface area contributed by atoms with Crippen molar-refractivity contribution in [2.45, 2.75) is 68.4 Å². The summed E-state index contributed by atoms with van der Waals surface area (Å²) >= 11 is 1.64. The fourth-order valence-corrected chi connectivity index (χ4v) is 10.2. The summed E-state index contributed by atoms with van der Waals surface area (Å²) in [5, 5.41) is 19.2. The lowest BCUT2D eigenvalue weighted by Crippen LogP contribution is -2.57. The van der Waals surface area contributed by atoms with Gasteiger partial charge in [-0.25, -0.2) is 4.68 Å². The van der Waals surface area contributed by atoms with E-state index in [1.807, 2.05) is 68.4 Å². The summed E-state index contributed by atoms with van der Waals surface area (Å²) in [6.45, 7) is 12.8. The van der Waals surface area contributed by atoms with Gasteiger partial charge >= 0.3 is 0 Å². The maximum Gasteiger partial charge on any atom is 0.248 e. The van der Waals surface area contributed by atoms with E-state index in [9.17, 15) is 19.5 Å². The van der Waals surface area contributed by atoms with Crippen LogP contribution in [-0.4, -0.2) is 94.3 Å². The fourth-order valence-electron chi connectivity index (χ4n) is 8.00. The minimum Gasteiger partial charge on any atom is -0.394 e. The van der Waals surface area contributed by atoms with Crippen LogP contribution in [0.1, 0.15) is 38.7 Å². The third-order valence-corrected chi connectivity index (χ3v) is 11.8. The zero-order valence-electron chi connectivity index (χ0n) is 27.1. The number of aliphatic hydroxyl groups excluding tert-OH is 1. The zero-order valence-corrected chi connectivity index (χ0v) is 28.0. The topological polar surface area (TPSA) is 112 Å². The van der Waals surface area contributed by atoms with Gasteiger partial charge in [-0.15, -0.1) is 30.0 Å². The molecule has 1 spiro atoms. The average Bonchev–Trinajstić information content (AvgIpc) is 3.82. The van der Waals surface area contributed by atoms with Crippen LogP contribution in [-0.2, 0) is 27.6 Å². The number of nitrogens with zero attached hydrogens (tertiary/aromatic N) is 6. The molecule has 0 saturated carbocycles. The summed E-state index contributed by atoms with van der Waals surface area (Å²) in [6.07, 6.45) is 5.31. The Morgan fingerprint density at radius 1 is 1.06 bits per heavy atom. The number of hydrogen-bond donors (Lipinski definition) is 1. The normalized spacial score (nSPS) is 25.3. The highest BCUT2D eigenvalue weighted by atomic mass is 32.2. The van der Waals surface area contributed by atoms with Gasteiger partial charge in [0.05, 0.1) is 34.7 Å². The van der Waals surface area contributed by atoms with E-state index >= 15 is 0 Å². The first-order valence-corrected chi connectivity index (χ1v) is 17.3. The van der Waals surface area contributed by atoms with Gasteiger partial charge in [0.25, 0.3) is 0 Å². The van der Waals surface area contributed by atoms with Crippen LogP contribution in [0.5, 0.6) is 0 Å². The summed E-state index contributed by atoms with van der Waals surface area (Å²) in [5.74, 6) is -1.59. The van der Waals surface area contributed by atoms with Crippen molar-refractivity contribution in [3.8, 4) is 0 Å². The van der Waals surface area contributed by atoms with Gasteiger partial charge in [-0.2, -0.15) is 0 Å². The Hall–Kier alpha value is -3.96. The molecule has 3 fully saturated rings. The number of aliphatic hydroxyl groups is 1. The van der Waals surface area contributed by atoms with Gasteiger partial charge in [0.15, 0.2) is 0 Å². The van der Waals surface area contributed by atoms with Gasteiger partial charge in [-0.05, 0) is 42.9 Å². The van der Waals surface area contributed by atoms with Gasteiger partial charge in [-0.1, -0.05) is 73.7 Å². The summed E-state index contributed by atoms with van der Waals surface area (Å²) in [5.41, 5.74) is 2.51. The highest BCUT2D eigenvalue weighted by Crippen LogP contribution is 2.67. The van der Waals surface area contributed by atoms with E-state index in [2.05, 4.69) is 23.5 Å². The van der Waals surface area contributed by atoms with Crippen LogP contribution in [0, 0.1) is 17.8 Å². The van der Waals surface area contributed by atoms with E-state index in [0.29, 0.717) is 25.9 Å². The molecule has 1 aromatic heterocycles. The number of carbonyl (C=O) groups is 3. The summed E-state index contributed by atoms with van der Waals surface area (Å²) in [7, 11) is 0. The number of amides is 3. The molecule has 2 aromatic carbocycles. The summed E-state index contributed by atoms with van der Waals surface area (Å²) < 4.78 is 0.896. The van der Waals surface area contributed by atoms with Crippen molar-refractivity contribution in [1.29, 1.82) is 0 Å². The van der Waals surface area contributed by atoms with Crippen molar-refractivity contribution in [1.82, 2.24) is 29.7 Å². The van der Waals surface area contributed by atoms with E-state index in [4.69, 9.17) is 0 Å². The van der Waals surface area contributed by atoms with Crippen LogP contribution in [0.25, 0.3) is 11.0 Å². The van der Waals surface area contributed by atoms with Crippen LogP contribution in [0.15, 0.2) is 79.9 Å². The monoisotopic (exact) mass is 656 g/mol. The quantitative estimate of drug-likeness (QED) is 0.260. The number of fused-ring (bicyclic) bond motifs is 2. The second-order valence-electron chi connectivity index (χ2n) is 13.3. The molecule has 2 unspecified atom stereocenters. The Balaban J connectivity index is 1.38. The number of carbonyl (C=O) groups excluding carboxylic acids is 3. The van der Waals surface area contributed by atoms with Crippen molar-refractivity contribution in [2.24, 2.45) is 17.8 Å². The number of benzene rings is 2. The largest absolute Gasteiger partial charge is 0.394 e. The van der Waals surface area contributed by atoms with Crippen molar-refractivity contribution in [3.63, 3.8) is 0 Å². The maximum atomic E-state index is 15.0. The summed E-state index contributed by atoms with van der Waals surface area (Å²) in [6, 6.07) is 16.0. The van der Waals surface area contributed by atoms with Crippen molar-refractivity contribution >= 4 is 40.5 Å². The Morgan fingerprint density at radius 3 is 2.47 bits per heavy atom. The summed E-state index contributed by atoms with van der Waals surface area (Å²) in [4.78, 5) is 49.4. The molecule has 3 aliphatic rings. The first kappa shape index (κ1) is 33.0. The number of aromatic nitrogens is 3. The molecule has 3 aliphatic heterocycles. The van der Waals surface area contributed by atoms with E-state index in [1.54, 1.807) is 43.3 Å². The van der Waals surface area contributed by atoms with E-state index < -0.39 is 28.7 Å². The molecule has 11 heteroatoms. The van der Waals surface area contributed by atoms with Crippen LogP contribution in [0.2, 0.25) is 0 Å². The molecule has 2 bridgehead atoms. The Bertz CT molecular complexity index is 1640. The maximum absolute atomic E-state index is 15.0. The van der Waals surface area contributed by atoms with Gasteiger partial charge in [-0.3, -0.25) is 14.4 Å². The lowest BCUT2D eigenvalue weighted by molar-refractivity contribution is -0.148. The molecule has 6 atom stereocenters. The number of rotatable bonds is 14. The molecule has 4 heterocycles. The highest BCUT2D eigenvalue weighted by Gasteiger charge is 2.74. The highest BCUT2D eigenvalue weighted by molar-refractivity contribution is 8.02. The molecule has 1 N–H and O–H groups in total. The third-order valence-electron chi connectivity index (χ3n) is 9.87. The third kappa shape index (κ3) is 5.88. The average molecular weight is 657 g/mol. The molecule has 47 heavy (non-hydrogen) atoms. The van der Waals surface area contributed by atoms with E-state index in [-0.39, 0.29) is 48.7 Å². The predicted molar refractivity (Wildman–Crippen MR) is 183 cm³/mol. The Labute approximate surface area is 280 Å². The molecule has 0 aliphatic carbocycles. The van der Waals surface area contributed by atoms with Crippen LogP contribution < -0.4 is 0 Å². The Morgan fingerprint density at radius 2 is 1.77 bits per heavy atom. The van der Waals surface area contributed by atoms with Crippen LogP contribution >= 0.6 is 11.8 Å². The van der Waals surface area contributed by atoms with Crippen molar-refractivity contribution < 1.29 is 19.5 Å². The molecule has 6 rings (SSSR count). The molecule has 3 aromatic rings. The molecule has 248 valence electrons. The molecule has 0 radical (unpaired) electrons. The van der Waals surface area contributed by atoms with E-state index in [1.165, 1.54) is 0 Å². The van der Waals surface area contributed by atoms with E-state index in [0.717, 1.165) is 23.0 Å². The van der Waals surface area contributed by atoms with Gasteiger partial charge < -0.3 is 19.8 Å². The van der Waals surface area contributed by atoms with Crippen LogP contribution in [0.4, 0.5) is 0 Å². The van der Waals surface area contributed by atoms with Crippen molar-refractivity contribution in [3.05, 3.63) is 85.5 Å². The molecule has 3 saturated heterocycles. The number of thioether (sulfide) groups is 1. The van der Waals surface area contributed by atoms with Gasteiger partial charge in [0.2, 0.25) is 17.7 Å². The van der Waals surface area contributed by atoms with Crippen molar-refractivity contribution in [2.75, 3.05) is 19.7 Å². The second-order valence-corrected chi connectivity index (χ2v) is 14.9. The van der Waals surface area contributed by atoms with Crippen LogP contribution in [0.3, 0.4) is 0 Å². The standard InChI is InChI=1S/C36H44N6O4S/c1-5-18-39(21-25-12-8-7-9-13-25)33(44)30-29-16-17-36(47-29)31(30)34(45)42(26(22-43)20-24(3)4)32(36)35(46)40(19-6-2)23-41-28-15-11-10-14-27(28)37-38-41/h5-15,24,26,29-32,43H,1-2,16-23H2,3-4H3/t26-,29-,30+,31+,32?,36?/m1/s1. The first-order chi connectivity index (χ1) is 22.7.